The third-order valence-corrected chi connectivity index (χ3v) is 8.43. The Morgan fingerprint density at radius 1 is 0.872 bits per heavy atom. The number of nitrogens with zero attached hydrogens (tertiary/aromatic N) is 2. The number of hydrogen-bond acceptors (Lipinski definition) is 4. The van der Waals surface area contributed by atoms with Gasteiger partial charge in [0.1, 0.15) is 12.6 Å². The molecule has 0 saturated heterocycles. The largest absolute Gasteiger partial charge is 0.354 e. The Morgan fingerprint density at radius 2 is 1.51 bits per heavy atom. The summed E-state index contributed by atoms with van der Waals surface area (Å²) >= 11 is 0. The molecule has 0 saturated carbocycles. The van der Waals surface area contributed by atoms with Crippen LogP contribution >= 0.6 is 0 Å². The monoisotopic (exact) mass is 549 g/mol. The zero-order valence-electron chi connectivity index (χ0n) is 23.3. The quantitative estimate of drug-likeness (QED) is 0.322. The molecule has 0 bridgehead atoms. The van der Waals surface area contributed by atoms with Crippen LogP contribution in [0.3, 0.4) is 0 Å². The first-order chi connectivity index (χ1) is 18.7. The van der Waals surface area contributed by atoms with Crippen LogP contribution in [0.1, 0.15) is 50.3 Å². The van der Waals surface area contributed by atoms with E-state index >= 15 is 0 Å². The predicted molar refractivity (Wildman–Crippen MR) is 156 cm³/mol. The molecule has 2 amide bonds. The second kappa shape index (κ2) is 13.9. The summed E-state index contributed by atoms with van der Waals surface area (Å²) in [6.07, 6.45) is 1.75. The van der Waals surface area contributed by atoms with Gasteiger partial charge in [-0.2, -0.15) is 0 Å². The first-order valence-corrected chi connectivity index (χ1v) is 14.9. The van der Waals surface area contributed by atoms with Crippen LogP contribution in [0.15, 0.2) is 83.8 Å². The fourth-order valence-corrected chi connectivity index (χ4v) is 5.92. The van der Waals surface area contributed by atoms with E-state index in [2.05, 4.69) is 5.32 Å². The fourth-order valence-electron chi connectivity index (χ4n) is 4.47. The maximum absolute atomic E-state index is 14.1. The highest BCUT2D eigenvalue weighted by molar-refractivity contribution is 7.92. The van der Waals surface area contributed by atoms with Gasteiger partial charge < -0.3 is 10.2 Å². The molecule has 208 valence electrons. The summed E-state index contributed by atoms with van der Waals surface area (Å²) in [4.78, 5) is 28.8. The molecule has 0 aliphatic heterocycles. The SMILES string of the molecule is CCCNC(=O)C(CC)N(Cc1ccccc1)C(=O)CN(c1ccccc1CC)S(=O)(=O)c1ccc(C)cc1. The molecular formula is C31H39N3O4S. The topological polar surface area (TPSA) is 86.8 Å². The van der Waals surface area contributed by atoms with Crippen molar-refractivity contribution in [2.75, 3.05) is 17.4 Å². The maximum atomic E-state index is 14.1. The van der Waals surface area contributed by atoms with E-state index in [-0.39, 0.29) is 17.3 Å². The average Bonchev–Trinajstić information content (AvgIpc) is 2.95. The van der Waals surface area contributed by atoms with Crippen LogP contribution in [0.5, 0.6) is 0 Å². The second-order valence-electron chi connectivity index (χ2n) is 9.53. The van der Waals surface area contributed by atoms with Crippen molar-refractivity contribution in [1.29, 1.82) is 0 Å². The molecule has 3 aromatic rings. The van der Waals surface area contributed by atoms with Gasteiger partial charge in [-0.3, -0.25) is 13.9 Å². The summed E-state index contributed by atoms with van der Waals surface area (Å²) in [5.41, 5.74) is 3.05. The third-order valence-electron chi connectivity index (χ3n) is 6.66. The molecule has 1 unspecified atom stereocenters. The number of rotatable bonds is 13. The molecule has 0 radical (unpaired) electrons. The van der Waals surface area contributed by atoms with Crippen LogP contribution in [-0.2, 0) is 32.6 Å². The molecule has 0 spiro atoms. The zero-order valence-corrected chi connectivity index (χ0v) is 24.1. The van der Waals surface area contributed by atoms with Gasteiger partial charge >= 0.3 is 0 Å². The molecule has 0 aromatic heterocycles. The molecule has 39 heavy (non-hydrogen) atoms. The lowest BCUT2D eigenvalue weighted by atomic mass is 10.1. The lowest BCUT2D eigenvalue weighted by Crippen LogP contribution is -2.52. The lowest BCUT2D eigenvalue weighted by molar-refractivity contribution is -0.140. The summed E-state index contributed by atoms with van der Waals surface area (Å²) in [5, 5.41) is 2.90. The Morgan fingerprint density at radius 3 is 2.13 bits per heavy atom. The van der Waals surface area contributed by atoms with E-state index in [0.29, 0.717) is 25.1 Å². The van der Waals surface area contributed by atoms with E-state index in [1.165, 1.54) is 9.21 Å². The average molecular weight is 550 g/mol. The number of aryl methyl sites for hydroxylation is 2. The second-order valence-corrected chi connectivity index (χ2v) is 11.4. The van der Waals surface area contributed by atoms with Crippen LogP contribution < -0.4 is 9.62 Å². The number of benzene rings is 3. The van der Waals surface area contributed by atoms with E-state index in [1.807, 2.05) is 70.2 Å². The van der Waals surface area contributed by atoms with E-state index in [0.717, 1.165) is 23.1 Å². The minimum atomic E-state index is -4.09. The summed E-state index contributed by atoms with van der Waals surface area (Å²) in [6.45, 7) is 7.91. The third kappa shape index (κ3) is 7.47. The van der Waals surface area contributed by atoms with E-state index in [4.69, 9.17) is 0 Å². The predicted octanol–water partition coefficient (Wildman–Crippen LogP) is 5.09. The Labute approximate surface area is 232 Å². The Hall–Kier alpha value is -3.65. The number of sulfonamides is 1. The van der Waals surface area contributed by atoms with Crippen LogP contribution in [0.25, 0.3) is 0 Å². The first-order valence-electron chi connectivity index (χ1n) is 13.5. The molecular weight excluding hydrogens is 510 g/mol. The molecule has 0 aliphatic rings. The summed E-state index contributed by atoms with van der Waals surface area (Å²) in [5.74, 6) is -0.690. The number of hydrogen-bond donors (Lipinski definition) is 1. The number of carbonyl (C=O) groups excluding carboxylic acids is 2. The Bertz CT molecular complexity index is 1340. The number of anilines is 1. The lowest BCUT2D eigenvalue weighted by Gasteiger charge is -2.33. The maximum Gasteiger partial charge on any atom is 0.264 e. The van der Waals surface area contributed by atoms with Crippen molar-refractivity contribution in [2.24, 2.45) is 0 Å². The van der Waals surface area contributed by atoms with Gasteiger partial charge in [-0.1, -0.05) is 87.0 Å². The van der Waals surface area contributed by atoms with Gasteiger partial charge in [0.25, 0.3) is 10.0 Å². The summed E-state index contributed by atoms with van der Waals surface area (Å²) < 4.78 is 29.2. The molecule has 3 rings (SSSR count). The van der Waals surface area contributed by atoms with Crippen LogP contribution in [-0.4, -0.2) is 44.3 Å². The van der Waals surface area contributed by atoms with E-state index in [9.17, 15) is 18.0 Å². The highest BCUT2D eigenvalue weighted by Crippen LogP contribution is 2.28. The Kier molecular flexibility index (Phi) is 10.7. The molecule has 8 heteroatoms. The summed E-state index contributed by atoms with van der Waals surface area (Å²) in [6, 6.07) is 22.5. The molecule has 7 nitrogen and oxygen atoms in total. The molecule has 3 aromatic carbocycles. The molecule has 1 atom stereocenters. The van der Waals surface area contributed by atoms with Crippen molar-refractivity contribution in [3.8, 4) is 0 Å². The fraction of sp³-hybridized carbons (Fsp3) is 0.355. The minimum absolute atomic E-state index is 0.106. The number of para-hydroxylation sites is 1. The molecule has 1 N–H and O–H groups in total. The van der Waals surface area contributed by atoms with Crippen molar-refractivity contribution in [3.05, 3.63) is 95.6 Å². The number of amides is 2. The highest BCUT2D eigenvalue weighted by Gasteiger charge is 2.34. The van der Waals surface area contributed by atoms with Gasteiger partial charge in [0.15, 0.2) is 0 Å². The molecule has 0 aliphatic carbocycles. The smallest absolute Gasteiger partial charge is 0.264 e. The van der Waals surface area contributed by atoms with Gasteiger partial charge in [-0.15, -0.1) is 0 Å². The van der Waals surface area contributed by atoms with Crippen molar-refractivity contribution in [3.63, 3.8) is 0 Å². The van der Waals surface area contributed by atoms with Gasteiger partial charge in [0, 0.05) is 13.1 Å². The standard InChI is InChI=1S/C31H39N3O4S/c1-5-21-32-31(36)28(7-3)33(22-25-13-9-8-10-14-25)30(35)23-34(29-16-12-11-15-26(29)6-2)39(37,38)27-19-17-24(4)18-20-27/h8-20,28H,5-7,21-23H2,1-4H3,(H,32,36). The van der Waals surface area contributed by atoms with Crippen molar-refractivity contribution < 1.29 is 18.0 Å². The van der Waals surface area contributed by atoms with Crippen molar-refractivity contribution >= 4 is 27.5 Å². The normalized spacial score (nSPS) is 12.0. The van der Waals surface area contributed by atoms with Crippen LogP contribution in [0, 0.1) is 6.92 Å². The minimum Gasteiger partial charge on any atom is -0.354 e. The number of nitrogens with one attached hydrogen (secondary N) is 1. The van der Waals surface area contributed by atoms with Crippen LogP contribution in [0.2, 0.25) is 0 Å². The highest BCUT2D eigenvalue weighted by atomic mass is 32.2. The van der Waals surface area contributed by atoms with Crippen molar-refractivity contribution in [2.45, 2.75) is 64.4 Å². The first kappa shape index (κ1) is 29.9. The van der Waals surface area contributed by atoms with Gasteiger partial charge in [-0.05, 0) is 55.5 Å². The van der Waals surface area contributed by atoms with Gasteiger partial charge in [-0.25, -0.2) is 8.42 Å². The van der Waals surface area contributed by atoms with Gasteiger partial charge in [0.05, 0.1) is 10.6 Å². The van der Waals surface area contributed by atoms with Gasteiger partial charge in [0.2, 0.25) is 11.8 Å². The zero-order chi connectivity index (χ0) is 28.4. The van der Waals surface area contributed by atoms with Crippen LogP contribution in [0.4, 0.5) is 5.69 Å². The summed E-state index contributed by atoms with van der Waals surface area (Å²) in [7, 11) is -4.09. The number of carbonyl (C=O) groups is 2. The van der Waals surface area contributed by atoms with E-state index < -0.39 is 28.5 Å². The molecule has 0 heterocycles. The Balaban J connectivity index is 2.07. The van der Waals surface area contributed by atoms with E-state index in [1.54, 1.807) is 36.4 Å². The molecule has 0 fully saturated rings. The van der Waals surface area contributed by atoms with Crippen molar-refractivity contribution in [1.82, 2.24) is 10.2 Å².